The van der Waals surface area contributed by atoms with Gasteiger partial charge in [-0.1, -0.05) is 0 Å². The zero-order valence-corrected chi connectivity index (χ0v) is 13.8. The highest BCUT2D eigenvalue weighted by atomic mass is 32.2. The number of amides is 1. The van der Waals surface area contributed by atoms with Crippen LogP contribution >= 0.6 is 23.5 Å². The predicted octanol–water partition coefficient (Wildman–Crippen LogP) is 1.49. The minimum Gasteiger partial charge on any atom is -0.465 e. The van der Waals surface area contributed by atoms with Crippen LogP contribution in [-0.2, 0) is 14.3 Å². The molecule has 0 aliphatic rings. The van der Waals surface area contributed by atoms with Crippen molar-refractivity contribution in [2.24, 2.45) is 0 Å². The Morgan fingerprint density at radius 3 is 2.82 bits per heavy atom. The van der Waals surface area contributed by atoms with E-state index in [0.29, 0.717) is 17.2 Å². The molecule has 1 aromatic heterocycles. The number of esters is 1. The normalized spacial score (nSPS) is 9.86. The second-order valence-corrected chi connectivity index (χ2v) is 5.72. The van der Waals surface area contributed by atoms with E-state index in [9.17, 15) is 9.59 Å². The summed E-state index contributed by atoms with van der Waals surface area (Å²) < 4.78 is 4.76. The molecule has 0 atom stereocenters. The van der Waals surface area contributed by atoms with Crippen LogP contribution in [0.25, 0.3) is 0 Å². The van der Waals surface area contributed by atoms with E-state index in [0.717, 1.165) is 11.8 Å². The number of hydrogen-bond acceptors (Lipinski definition) is 8. The third kappa shape index (κ3) is 5.46. The van der Waals surface area contributed by atoms with Gasteiger partial charge in [-0.05, 0) is 13.2 Å². The first-order valence-corrected chi connectivity index (χ1v) is 8.67. The highest BCUT2D eigenvalue weighted by Crippen LogP contribution is 2.25. The fraction of sp³-hybridized carbons (Fsp3) is 0.385. The lowest BCUT2D eigenvalue weighted by molar-refractivity contribution is -0.139. The monoisotopic (exact) mass is 340 g/mol. The van der Waals surface area contributed by atoms with Gasteiger partial charge in [-0.25, -0.2) is 4.98 Å². The van der Waals surface area contributed by atoms with Crippen LogP contribution in [0.4, 0.5) is 11.5 Å². The molecule has 0 bridgehead atoms. The summed E-state index contributed by atoms with van der Waals surface area (Å²) >= 11 is 2.42. The summed E-state index contributed by atoms with van der Waals surface area (Å²) in [5, 5.41) is 12.0. The number of nitrogens with zero attached hydrogens (tertiary/aromatic N) is 2. The molecule has 1 aromatic rings. The van der Waals surface area contributed by atoms with Crippen molar-refractivity contribution in [2.75, 3.05) is 35.4 Å². The summed E-state index contributed by atoms with van der Waals surface area (Å²) in [4.78, 5) is 27.1. The van der Waals surface area contributed by atoms with Gasteiger partial charge in [0.05, 0.1) is 23.8 Å². The quantitative estimate of drug-likeness (QED) is 0.566. The molecule has 118 valence electrons. The molecule has 1 heterocycles. The Morgan fingerprint density at radius 1 is 1.50 bits per heavy atom. The summed E-state index contributed by atoms with van der Waals surface area (Å²) in [6, 6.07) is 3.41. The molecule has 0 spiro atoms. The summed E-state index contributed by atoms with van der Waals surface area (Å²) in [6.45, 7) is 2.04. The van der Waals surface area contributed by atoms with E-state index in [-0.39, 0.29) is 34.9 Å². The summed E-state index contributed by atoms with van der Waals surface area (Å²) in [5.41, 5.74) is 6.32. The van der Waals surface area contributed by atoms with Gasteiger partial charge in [0.2, 0.25) is 5.91 Å². The first-order valence-electron chi connectivity index (χ1n) is 6.29. The maximum absolute atomic E-state index is 11.8. The molecule has 1 amide bonds. The third-order valence-corrected chi connectivity index (χ3v) is 3.94. The van der Waals surface area contributed by atoms with Gasteiger partial charge in [-0.2, -0.15) is 5.26 Å². The lowest BCUT2D eigenvalue weighted by Gasteiger charge is -2.09. The van der Waals surface area contributed by atoms with E-state index in [1.54, 1.807) is 13.2 Å². The molecule has 0 fully saturated rings. The molecule has 0 aromatic carbocycles. The fourth-order valence-electron chi connectivity index (χ4n) is 1.47. The number of nitrogens with two attached hydrogens (primary N) is 1. The zero-order chi connectivity index (χ0) is 16.5. The minimum atomic E-state index is -0.356. The van der Waals surface area contributed by atoms with Crippen molar-refractivity contribution in [3.05, 3.63) is 11.6 Å². The standard InChI is InChI=1S/C13H16N4O3S2/c1-3-20-12(19)7-22-6-11(18)16-10-4-9(15)8(5-14)13(17-10)21-2/h4H,3,6-7H2,1-2H3,(H3,15,16,17,18). The zero-order valence-electron chi connectivity index (χ0n) is 12.2. The Labute approximate surface area is 137 Å². The van der Waals surface area contributed by atoms with Crippen LogP contribution in [0.2, 0.25) is 0 Å². The van der Waals surface area contributed by atoms with Crippen molar-refractivity contribution in [2.45, 2.75) is 11.9 Å². The van der Waals surface area contributed by atoms with Gasteiger partial charge in [0.25, 0.3) is 0 Å². The van der Waals surface area contributed by atoms with Crippen LogP contribution in [0, 0.1) is 11.3 Å². The van der Waals surface area contributed by atoms with E-state index < -0.39 is 0 Å². The number of ether oxygens (including phenoxy) is 1. The Kier molecular flexibility index (Phi) is 7.56. The Balaban J connectivity index is 2.60. The third-order valence-electron chi connectivity index (χ3n) is 2.35. The van der Waals surface area contributed by atoms with Crippen LogP contribution in [0.5, 0.6) is 0 Å². The summed E-state index contributed by atoms with van der Waals surface area (Å²) in [5.74, 6) is -0.179. The predicted molar refractivity (Wildman–Crippen MR) is 87.7 cm³/mol. The van der Waals surface area contributed by atoms with E-state index >= 15 is 0 Å². The van der Waals surface area contributed by atoms with Crippen molar-refractivity contribution in [1.82, 2.24) is 4.98 Å². The van der Waals surface area contributed by atoms with Crippen molar-refractivity contribution < 1.29 is 14.3 Å². The van der Waals surface area contributed by atoms with Crippen LogP contribution < -0.4 is 11.1 Å². The van der Waals surface area contributed by atoms with Crippen LogP contribution in [0.3, 0.4) is 0 Å². The number of anilines is 2. The Morgan fingerprint density at radius 2 is 2.23 bits per heavy atom. The average molecular weight is 340 g/mol. The van der Waals surface area contributed by atoms with Gasteiger partial charge in [-0.3, -0.25) is 9.59 Å². The number of carbonyl (C=O) groups is 2. The molecule has 0 saturated carbocycles. The molecule has 3 N–H and O–H groups in total. The SMILES string of the molecule is CCOC(=O)CSCC(=O)Nc1cc(N)c(C#N)c(SC)n1. The van der Waals surface area contributed by atoms with Gasteiger partial charge >= 0.3 is 5.97 Å². The average Bonchev–Trinajstić information content (AvgIpc) is 2.46. The van der Waals surface area contributed by atoms with Crippen LogP contribution in [0.1, 0.15) is 12.5 Å². The fourth-order valence-corrected chi connectivity index (χ4v) is 2.64. The van der Waals surface area contributed by atoms with E-state index in [4.69, 9.17) is 15.7 Å². The molecule has 22 heavy (non-hydrogen) atoms. The van der Waals surface area contributed by atoms with Gasteiger partial charge in [-0.15, -0.1) is 23.5 Å². The number of hydrogen-bond donors (Lipinski definition) is 2. The van der Waals surface area contributed by atoms with Crippen molar-refractivity contribution >= 4 is 46.9 Å². The molecule has 0 aliphatic heterocycles. The van der Waals surface area contributed by atoms with Gasteiger partial charge in [0, 0.05) is 6.07 Å². The number of nitriles is 1. The number of nitrogens with one attached hydrogen (secondary N) is 1. The Bertz CT molecular complexity index is 602. The molecule has 0 radical (unpaired) electrons. The molecule has 0 aliphatic carbocycles. The number of aromatic nitrogens is 1. The summed E-state index contributed by atoms with van der Waals surface area (Å²) in [6.07, 6.45) is 1.77. The van der Waals surface area contributed by atoms with Crippen molar-refractivity contribution in [1.29, 1.82) is 5.26 Å². The maximum Gasteiger partial charge on any atom is 0.315 e. The highest BCUT2D eigenvalue weighted by Gasteiger charge is 2.12. The smallest absolute Gasteiger partial charge is 0.315 e. The lowest BCUT2D eigenvalue weighted by Crippen LogP contribution is -2.17. The molecule has 0 saturated heterocycles. The summed E-state index contributed by atoms with van der Waals surface area (Å²) in [7, 11) is 0. The van der Waals surface area contributed by atoms with Gasteiger partial charge in [0.1, 0.15) is 22.5 Å². The van der Waals surface area contributed by atoms with Crippen molar-refractivity contribution in [3.63, 3.8) is 0 Å². The first-order chi connectivity index (χ1) is 10.5. The van der Waals surface area contributed by atoms with Crippen LogP contribution in [0.15, 0.2) is 11.1 Å². The largest absolute Gasteiger partial charge is 0.465 e. The number of nitrogen functional groups attached to an aromatic ring is 1. The number of thioether (sulfide) groups is 2. The van der Waals surface area contributed by atoms with E-state index in [1.807, 2.05) is 6.07 Å². The molecule has 9 heteroatoms. The van der Waals surface area contributed by atoms with Gasteiger partial charge < -0.3 is 15.8 Å². The van der Waals surface area contributed by atoms with Crippen molar-refractivity contribution in [3.8, 4) is 6.07 Å². The molecule has 0 unspecified atom stereocenters. The highest BCUT2D eigenvalue weighted by molar-refractivity contribution is 8.00. The first kappa shape index (κ1) is 18.1. The lowest BCUT2D eigenvalue weighted by atomic mass is 10.2. The van der Waals surface area contributed by atoms with E-state index in [2.05, 4.69) is 10.3 Å². The molecule has 1 rings (SSSR count). The second kappa shape index (κ2) is 9.17. The van der Waals surface area contributed by atoms with E-state index in [1.165, 1.54) is 17.8 Å². The molecular weight excluding hydrogens is 324 g/mol. The topological polar surface area (TPSA) is 118 Å². The Hall–Kier alpha value is -1.92. The maximum atomic E-state index is 11.8. The number of rotatable bonds is 7. The minimum absolute atomic E-state index is 0.0923. The second-order valence-electron chi connectivity index (χ2n) is 3.94. The van der Waals surface area contributed by atoms with Crippen LogP contribution in [-0.4, -0.2) is 41.2 Å². The molecule has 7 nitrogen and oxygen atoms in total. The van der Waals surface area contributed by atoms with Gasteiger partial charge in [0.15, 0.2) is 0 Å². The number of pyridine rings is 1. The molecular formula is C13H16N4O3S2. The number of carbonyl (C=O) groups excluding carboxylic acids is 2.